The first-order valence-electron chi connectivity index (χ1n) is 29.1. The Balaban J connectivity index is 0.000000134. The van der Waals surface area contributed by atoms with Crippen LogP contribution in [-0.2, 0) is 38.2 Å². The van der Waals surface area contributed by atoms with Crippen LogP contribution in [0.5, 0.6) is 0 Å². The normalized spacial score (nSPS) is 11.9. The van der Waals surface area contributed by atoms with Gasteiger partial charge >= 0.3 is 18.5 Å². The van der Waals surface area contributed by atoms with Crippen LogP contribution in [-0.4, -0.2) is 59.1 Å². The maximum Gasteiger partial charge on any atom is 0.417 e. The molecule has 0 amide bonds. The van der Waals surface area contributed by atoms with E-state index < -0.39 is 69.9 Å². The number of hydrogen-bond donors (Lipinski definition) is 0. The van der Waals surface area contributed by atoms with Gasteiger partial charge in [-0.3, -0.25) is 0 Å². The summed E-state index contributed by atoms with van der Waals surface area (Å²) in [5.74, 6) is -2.13. The third kappa shape index (κ3) is 14.6. The molecule has 15 rings (SSSR count). The van der Waals surface area contributed by atoms with Crippen molar-refractivity contribution >= 4 is 11.6 Å². The lowest BCUT2D eigenvalue weighted by Crippen LogP contribution is -2.12. The van der Waals surface area contributed by atoms with E-state index in [1.54, 1.807) is 107 Å². The minimum Gasteiger partial charge on any atom is -0.359 e. The Morgan fingerprint density at radius 2 is 0.737 bits per heavy atom. The predicted octanol–water partition coefficient (Wildman–Crippen LogP) is 18.7. The number of rotatable bonds is 12. The number of fused-ring (bicyclic) bond motifs is 3. The highest BCUT2D eigenvalue weighted by molar-refractivity contribution is 6.30. The zero-order chi connectivity index (χ0) is 69.5. The average Bonchev–Trinajstić information content (AvgIpc) is 1.78. The molecule has 3 aromatic heterocycles. The van der Waals surface area contributed by atoms with Crippen molar-refractivity contribution in [2.24, 2.45) is 0 Å². The molecule has 0 fully saturated rings. The van der Waals surface area contributed by atoms with Gasteiger partial charge in [-0.25, -0.2) is 51.9 Å². The first-order chi connectivity index (χ1) is 47.3. The fourth-order valence-electron chi connectivity index (χ4n) is 10.3. The molecule has 30 heteroatoms. The molecule has 0 radical (unpaired) electrons. The lowest BCUT2D eigenvalue weighted by molar-refractivity contribution is -0.143. The number of nitrogens with zero attached hydrogens (tertiary/aromatic N) is 12. The summed E-state index contributed by atoms with van der Waals surface area (Å²) in [6, 6.07) is 36.7. The third-order valence-corrected chi connectivity index (χ3v) is 15.3. The topological polar surface area (TPSA) is 170 Å². The van der Waals surface area contributed by atoms with Gasteiger partial charge in [0, 0.05) is 77.1 Å². The number of pyridine rings is 3. The largest absolute Gasteiger partial charge is 0.417 e. The van der Waals surface area contributed by atoms with Gasteiger partial charge in [0.1, 0.15) is 51.6 Å². The van der Waals surface area contributed by atoms with Crippen LogP contribution in [0, 0.1) is 29.1 Å². The van der Waals surface area contributed by atoms with E-state index >= 15 is 0 Å². The van der Waals surface area contributed by atoms with E-state index in [1.165, 1.54) is 36.4 Å². The predicted molar refractivity (Wildman–Crippen MR) is 329 cm³/mol. The van der Waals surface area contributed by atoms with Crippen molar-refractivity contribution in [2.75, 3.05) is 0 Å². The van der Waals surface area contributed by atoms with Gasteiger partial charge < -0.3 is 27.3 Å². The molecule has 15 nitrogen and oxygen atoms in total. The van der Waals surface area contributed by atoms with E-state index in [0.717, 1.165) is 29.8 Å². The van der Waals surface area contributed by atoms with Gasteiger partial charge in [-0.05, 0) is 97.1 Å². The van der Waals surface area contributed by atoms with E-state index in [4.69, 9.17) is 25.2 Å². The Bertz CT molecular complexity index is 5290. The number of benzene rings is 6. The minimum absolute atomic E-state index is 0.0283. The number of hydrogen-bond acceptors (Lipinski definition) is 12. The summed E-state index contributed by atoms with van der Waals surface area (Å²) in [6.07, 6.45) is -4.58. The third-order valence-electron chi connectivity index (χ3n) is 15.0. The van der Waals surface area contributed by atoms with Gasteiger partial charge in [0.05, 0.1) is 70.1 Å². The first-order valence-corrected chi connectivity index (χ1v) is 29.4. The van der Waals surface area contributed by atoms with E-state index in [0.29, 0.717) is 69.3 Å². The second kappa shape index (κ2) is 26.6. The molecule has 6 aliphatic rings. The molecule has 498 valence electrons. The molecule has 6 aliphatic heterocycles. The van der Waals surface area contributed by atoms with Gasteiger partial charge in [0.2, 0.25) is 0 Å². The van der Waals surface area contributed by atoms with Gasteiger partial charge in [-0.15, -0.1) is 0 Å². The number of alkyl halides is 9. The zero-order valence-corrected chi connectivity index (χ0v) is 50.7. The van der Waals surface area contributed by atoms with E-state index in [-0.39, 0.29) is 81.8 Å². The second-order valence-electron chi connectivity index (χ2n) is 21.9. The summed E-state index contributed by atoms with van der Waals surface area (Å²) in [5, 5.41) is 12.1. The molecular weight excluding hydrogens is 1350 g/mol. The van der Waals surface area contributed by atoms with Crippen molar-refractivity contribution < 1.29 is 75.0 Å². The maximum atomic E-state index is 14.1. The van der Waals surface area contributed by atoms with Crippen LogP contribution in [0.15, 0.2) is 215 Å². The Hall–Kier alpha value is -11.9. The maximum absolute atomic E-state index is 14.1. The standard InChI is InChI=1S/C24H13F7N4O.C23H13F5N4O.C22H13ClF2N4O/c25-18-4-2-1-3-16(18)22-32-19-7-8-35(12-21(19)33-22)11-14-10-20(34-36-14)15-6-5-13(23(26,27)28)9-17(15)24(29,30)31;24-13-5-6-15(17(9-13)23(26,27)28)20-10-14(33-31-20)11-32-8-7-19-21(12-32)30-22(29-19)16-3-1-2-4-18(16)25;23-14-6-4-13(5-7-14)19-10-15(30-28-19)11-29-9-8-18-20(12-29)27-22(26-18)16-2-1-3-17(24)21(16)25/h1-10,12H,11H2;1-10,12H,11H2;1-10,12H,11H2. The molecule has 0 N–H and O–H groups in total. The lowest BCUT2D eigenvalue weighted by atomic mass is 10.0. The Labute approximate surface area is 552 Å². The van der Waals surface area contributed by atoms with Crippen LogP contribution < -0.4 is 0 Å². The molecule has 0 atom stereocenters. The molecule has 99 heavy (non-hydrogen) atoms. The van der Waals surface area contributed by atoms with Crippen LogP contribution in [0.4, 0.5) is 61.5 Å². The van der Waals surface area contributed by atoms with Gasteiger partial charge in [-0.2, -0.15) is 39.5 Å². The van der Waals surface area contributed by atoms with Gasteiger partial charge in [0.15, 0.2) is 46.4 Å². The van der Waals surface area contributed by atoms with Crippen LogP contribution >= 0.6 is 11.6 Å². The van der Waals surface area contributed by atoms with Crippen LogP contribution in [0.1, 0.15) is 34.0 Å². The SMILES string of the molecule is Fc1ccc(-c2cc(Cn3ccc4nc(-c5ccccc5F)nc-4c3)on2)c(C(F)(F)F)c1.Fc1cccc(-c2nc3ccn(Cc4cc(-c5ccc(Cl)cc5)no4)cc-3n2)c1F.Fc1ccccc1-c1nc2ccn(Cc3cc(-c4ccc(C(F)(F)F)cc4C(F)(F)F)no3)cc-2n1. The molecule has 0 saturated carbocycles. The average molecular weight is 1390 g/mol. The van der Waals surface area contributed by atoms with Crippen LogP contribution in [0.25, 0.3) is 102 Å². The van der Waals surface area contributed by atoms with Crippen molar-refractivity contribution in [1.82, 2.24) is 59.1 Å². The Kier molecular flexibility index (Phi) is 17.7. The Morgan fingerprint density at radius 3 is 1.19 bits per heavy atom. The smallest absolute Gasteiger partial charge is 0.359 e. The van der Waals surface area contributed by atoms with Gasteiger partial charge in [-0.1, -0.05) is 75.6 Å². The van der Waals surface area contributed by atoms with Gasteiger partial charge in [0.25, 0.3) is 0 Å². The Morgan fingerprint density at radius 1 is 0.343 bits per heavy atom. The fourth-order valence-corrected chi connectivity index (χ4v) is 10.5. The molecular formula is C69H39ClF14N12O3. The molecule has 0 unspecified atom stereocenters. The van der Waals surface area contributed by atoms with E-state index in [9.17, 15) is 61.5 Å². The number of halogens is 15. The number of aromatic nitrogens is 12. The highest BCUT2D eigenvalue weighted by Gasteiger charge is 2.39. The first kappa shape index (κ1) is 65.8. The van der Waals surface area contributed by atoms with Crippen molar-refractivity contribution in [1.29, 1.82) is 0 Å². The van der Waals surface area contributed by atoms with E-state index in [2.05, 4.69) is 45.4 Å². The van der Waals surface area contributed by atoms with Crippen LogP contribution in [0.3, 0.4) is 0 Å². The highest BCUT2D eigenvalue weighted by atomic mass is 35.5. The summed E-state index contributed by atoms with van der Waals surface area (Å²) >= 11 is 5.92. The molecule has 0 bridgehead atoms. The van der Waals surface area contributed by atoms with Crippen molar-refractivity contribution in [2.45, 2.75) is 38.2 Å². The molecule has 9 heterocycles. The molecule has 9 aromatic rings. The molecule has 0 spiro atoms. The minimum atomic E-state index is -5.04. The monoisotopic (exact) mass is 1380 g/mol. The second-order valence-corrected chi connectivity index (χ2v) is 22.3. The van der Waals surface area contributed by atoms with Crippen molar-refractivity contribution in [3.05, 3.63) is 269 Å². The quantitative estimate of drug-likeness (QED) is 0.106. The molecule has 6 aromatic carbocycles. The zero-order valence-electron chi connectivity index (χ0n) is 49.9. The summed E-state index contributed by atoms with van der Waals surface area (Å²) in [5.41, 5.74) is 0.140. The fraction of sp³-hybridized carbons (Fsp3) is 0.0870. The summed E-state index contributed by atoms with van der Waals surface area (Å²) < 4.78 is 209. The summed E-state index contributed by atoms with van der Waals surface area (Å²) in [6.45, 7) is 0.604. The molecule has 0 saturated heterocycles. The van der Waals surface area contributed by atoms with Crippen molar-refractivity contribution in [3.8, 4) is 102 Å². The lowest BCUT2D eigenvalue weighted by Gasteiger charge is -2.14. The molecule has 0 aliphatic carbocycles. The van der Waals surface area contributed by atoms with Crippen LogP contribution in [0.2, 0.25) is 5.02 Å². The summed E-state index contributed by atoms with van der Waals surface area (Å²) in [4.78, 5) is 26.0. The summed E-state index contributed by atoms with van der Waals surface area (Å²) in [7, 11) is 0. The van der Waals surface area contributed by atoms with Crippen molar-refractivity contribution in [3.63, 3.8) is 0 Å². The number of imidazole rings is 3. The van der Waals surface area contributed by atoms with E-state index in [1.807, 2.05) is 29.0 Å². The highest BCUT2D eigenvalue weighted by Crippen LogP contribution is 2.42.